The van der Waals surface area contributed by atoms with Crippen LogP contribution >= 0.6 is 0 Å². The van der Waals surface area contributed by atoms with Gasteiger partial charge in [0.05, 0.1) is 22.3 Å². The minimum absolute atomic E-state index is 0.0360. The molecule has 7 nitrogen and oxygen atoms in total. The monoisotopic (exact) mass is 374 g/mol. The molecular formula is C15H22N2O5S2. The SMILES string of the molecule is CC[C@@H](C)c1ccc(S(=O)(=O)NNC(=O)[C@H]2CCS(=O)(=O)C2)cc1. The van der Waals surface area contributed by atoms with E-state index >= 15 is 0 Å². The van der Waals surface area contributed by atoms with E-state index in [1.54, 1.807) is 12.1 Å². The van der Waals surface area contributed by atoms with Crippen molar-refractivity contribution in [2.75, 3.05) is 11.5 Å². The van der Waals surface area contributed by atoms with Crippen LogP contribution in [0.2, 0.25) is 0 Å². The molecule has 1 aromatic rings. The van der Waals surface area contributed by atoms with Gasteiger partial charge in [0, 0.05) is 0 Å². The normalized spacial score (nSPS) is 21.3. The summed E-state index contributed by atoms with van der Waals surface area (Å²) in [6, 6.07) is 6.45. The maximum absolute atomic E-state index is 12.2. The van der Waals surface area contributed by atoms with Crippen LogP contribution in [-0.4, -0.2) is 34.2 Å². The van der Waals surface area contributed by atoms with Gasteiger partial charge in [0.25, 0.3) is 10.0 Å². The van der Waals surface area contributed by atoms with Crippen LogP contribution in [0, 0.1) is 5.92 Å². The zero-order valence-electron chi connectivity index (χ0n) is 13.7. The maximum Gasteiger partial charge on any atom is 0.257 e. The Labute approximate surface area is 142 Å². The van der Waals surface area contributed by atoms with E-state index < -0.39 is 31.7 Å². The lowest BCUT2D eigenvalue weighted by Gasteiger charge is -2.13. The van der Waals surface area contributed by atoms with Crippen molar-refractivity contribution in [3.63, 3.8) is 0 Å². The second-order valence-corrected chi connectivity index (χ2v) is 9.98. The van der Waals surface area contributed by atoms with Crippen molar-refractivity contribution in [3.05, 3.63) is 29.8 Å². The molecule has 2 atom stereocenters. The van der Waals surface area contributed by atoms with Gasteiger partial charge in [-0.2, -0.15) is 0 Å². The van der Waals surface area contributed by atoms with E-state index in [4.69, 9.17) is 0 Å². The smallest absolute Gasteiger partial charge is 0.257 e. The molecule has 1 aromatic carbocycles. The summed E-state index contributed by atoms with van der Waals surface area (Å²) in [5.41, 5.74) is 3.15. The third kappa shape index (κ3) is 4.55. The molecule has 1 saturated heterocycles. The number of carbonyl (C=O) groups is 1. The number of sulfone groups is 1. The Balaban J connectivity index is 2.00. The van der Waals surface area contributed by atoms with Crippen molar-refractivity contribution >= 4 is 25.8 Å². The first-order valence-corrected chi connectivity index (χ1v) is 11.1. The van der Waals surface area contributed by atoms with Crippen LogP contribution in [0.1, 0.15) is 38.2 Å². The van der Waals surface area contributed by atoms with Gasteiger partial charge < -0.3 is 0 Å². The zero-order chi connectivity index (χ0) is 18.0. The summed E-state index contributed by atoms with van der Waals surface area (Å²) in [6.07, 6.45) is 1.16. The minimum atomic E-state index is -3.89. The van der Waals surface area contributed by atoms with E-state index in [-0.39, 0.29) is 22.8 Å². The molecule has 24 heavy (non-hydrogen) atoms. The third-order valence-electron chi connectivity index (χ3n) is 4.28. The van der Waals surface area contributed by atoms with Gasteiger partial charge >= 0.3 is 0 Å². The van der Waals surface area contributed by atoms with Gasteiger partial charge in [-0.25, -0.2) is 16.8 Å². The molecule has 9 heteroatoms. The molecule has 1 aliphatic heterocycles. The highest BCUT2D eigenvalue weighted by Crippen LogP contribution is 2.21. The Kier molecular flexibility index (Phi) is 5.67. The molecule has 134 valence electrons. The van der Waals surface area contributed by atoms with Gasteiger partial charge in [0.15, 0.2) is 9.84 Å². The Morgan fingerprint density at radius 3 is 2.42 bits per heavy atom. The van der Waals surface area contributed by atoms with Gasteiger partial charge in [0.1, 0.15) is 0 Å². The average molecular weight is 374 g/mol. The zero-order valence-corrected chi connectivity index (χ0v) is 15.3. The van der Waals surface area contributed by atoms with Crippen molar-refractivity contribution in [1.82, 2.24) is 10.3 Å². The van der Waals surface area contributed by atoms with E-state index in [1.165, 1.54) is 12.1 Å². The topological polar surface area (TPSA) is 109 Å². The number of amides is 1. The van der Waals surface area contributed by atoms with Crippen molar-refractivity contribution in [2.45, 2.75) is 37.5 Å². The quantitative estimate of drug-likeness (QED) is 0.720. The van der Waals surface area contributed by atoms with Crippen LogP contribution in [0.25, 0.3) is 0 Å². The number of hydrazine groups is 1. The molecule has 0 unspecified atom stereocenters. The van der Waals surface area contributed by atoms with Crippen molar-refractivity contribution in [3.8, 4) is 0 Å². The van der Waals surface area contributed by atoms with Crippen LogP contribution in [0.15, 0.2) is 29.2 Å². The Bertz CT molecular complexity index is 801. The fraction of sp³-hybridized carbons (Fsp3) is 0.533. The molecule has 0 saturated carbocycles. The second kappa shape index (κ2) is 7.20. The number of benzene rings is 1. The Hall–Kier alpha value is -1.45. The number of nitrogens with one attached hydrogen (secondary N) is 2. The summed E-state index contributed by atoms with van der Waals surface area (Å²) in [7, 11) is -7.09. The molecule has 2 N–H and O–H groups in total. The van der Waals surface area contributed by atoms with Crippen LogP contribution in [0.4, 0.5) is 0 Å². The van der Waals surface area contributed by atoms with Crippen LogP contribution in [0.5, 0.6) is 0 Å². The summed E-state index contributed by atoms with van der Waals surface area (Å²) in [5, 5.41) is 0. The van der Waals surface area contributed by atoms with Gasteiger partial charge in [-0.3, -0.25) is 10.2 Å². The summed E-state index contributed by atoms with van der Waals surface area (Å²) in [6.45, 7) is 4.10. The fourth-order valence-electron chi connectivity index (χ4n) is 2.49. The molecule has 0 spiro atoms. The minimum Gasteiger partial charge on any atom is -0.277 e. The van der Waals surface area contributed by atoms with E-state index in [0.717, 1.165) is 12.0 Å². The van der Waals surface area contributed by atoms with Crippen molar-refractivity contribution < 1.29 is 21.6 Å². The summed E-state index contributed by atoms with van der Waals surface area (Å²) < 4.78 is 47.1. The standard InChI is InChI=1S/C15H22N2O5S2/c1-3-11(2)12-4-6-14(7-5-12)24(21,22)17-16-15(18)13-8-9-23(19,20)10-13/h4-7,11,13,17H,3,8-10H2,1-2H3,(H,16,18)/t11-,13+/m1/s1. The van der Waals surface area contributed by atoms with Gasteiger partial charge in [0.2, 0.25) is 5.91 Å². The van der Waals surface area contributed by atoms with E-state index in [9.17, 15) is 21.6 Å². The number of carbonyl (C=O) groups excluding carboxylic acids is 1. The molecule has 1 amide bonds. The molecule has 0 aliphatic carbocycles. The lowest BCUT2D eigenvalue weighted by atomic mass is 9.99. The molecular weight excluding hydrogens is 352 g/mol. The lowest BCUT2D eigenvalue weighted by molar-refractivity contribution is -0.124. The van der Waals surface area contributed by atoms with Crippen molar-refractivity contribution in [1.29, 1.82) is 0 Å². The summed E-state index contributed by atoms with van der Waals surface area (Å²) in [4.78, 5) is 13.9. The number of rotatable bonds is 6. The molecule has 1 fully saturated rings. The summed E-state index contributed by atoms with van der Waals surface area (Å²) in [5.74, 6) is -1.31. The van der Waals surface area contributed by atoms with Gasteiger partial charge in [-0.05, 0) is 36.5 Å². The number of sulfonamides is 1. The molecule has 0 aromatic heterocycles. The van der Waals surface area contributed by atoms with Crippen LogP contribution in [0.3, 0.4) is 0 Å². The lowest BCUT2D eigenvalue weighted by Crippen LogP contribution is -2.44. The first-order chi connectivity index (χ1) is 11.1. The predicted octanol–water partition coefficient (Wildman–Crippen LogP) is 0.944. The Morgan fingerprint density at radius 2 is 1.92 bits per heavy atom. The number of hydrogen-bond acceptors (Lipinski definition) is 5. The largest absolute Gasteiger partial charge is 0.277 e. The predicted molar refractivity (Wildman–Crippen MR) is 90.4 cm³/mol. The third-order valence-corrected chi connectivity index (χ3v) is 7.32. The van der Waals surface area contributed by atoms with Gasteiger partial charge in [-0.1, -0.05) is 26.0 Å². The molecule has 1 heterocycles. The van der Waals surface area contributed by atoms with E-state index in [0.29, 0.717) is 5.92 Å². The highest BCUT2D eigenvalue weighted by molar-refractivity contribution is 7.91. The highest BCUT2D eigenvalue weighted by Gasteiger charge is 2.33. The Morgan fingerprint density at radius 1 is 1.29 bits per heavy atom. The maximum atomic E-state index is 12.2. The molecule has 1 aliphatic rings. The first-order valence-electron chi connectivity index (χ1n) is 7.76. The van der Waals surface area contributed by atoms with Gasteiger partial charge in [-0.15, -0.1) is 4.83 Å². The van der Waals surface area contributed by atoms with Crippen LogP contribution < -0.4 is 10.3 Å². The first kappa shape index (κ1) is 18.9. The van der Waals surface area contributed by atoms with Crippen molar-refractivity contribution in [2.24, 2.45) is 5.92 Å². The second-order valence-electron chi connectivity index (χ2n) is 6.07. The molecule has 0 radical (unpaired) electrons. The van der Waals surface area contributed by atoms with Crippen LogP contribution in [-0.2, 0) is 24.7 Å². The van der Waals surface area contributed by atoms with E-state index in [2.05, 4.69) is 19.3 Å². The summed E-state index contributed by atoms with van der Waals surface area (Å²) >= 11 is 0. The molecule has 2 rings (SSSR count). The van der Waals surface area contributed by atoms with E-state index in [1.807, 2.05) is 4.83 Å². The number of hydrogen-bond donors (Lipinski definition) is 2. The average Bonchev–Trinajstić information content (AvgIpc) is 2.92. The highest BCUT2D eigenvalue weighted by atomic mass is 32.2. The fourth-order valence-corrected chi connectivity index (χ4v) is 5.08. The molecule has 0 bridgehead atoms.